The number of aryl methyl sites for hydroxylation is 2. The number of aromatic nitrogens is 4. The number of hydrogen-bond acceptors (Lipinski definition) is 4. The number of nitrogens with two attached hydrogens (primary N) is 1. The summed E-state index contributed by atoms with van der Waals surface area (Å²) < 4.78 is 15.1. The maximum absolute atomic E-state index is 13.6. The van der Waals surface area contributed by atoms with Crippen molar-refractivity contribution >= 4 is 5.69 Å². The molecule has 3 rings (SSSR count). The summed E-state index contributed by atoms with van der Waals surface area (Å²) >= 11 is 0. The van der Waals surface area contributed by atoms with Crippen LogP contribution in [0.15, 0.2) is 36.4 Å². The fourth-order valence-electron chi connectivity index (χ4n) is 2.35. The first-order valence-corrected chi connectivity index (χ1v) is 6.47. The first kappa shape index (κ1) is 13.2. The van der Waals surface area contributed by atoms with E-state index in [9.17, 15) is 4.39 Å². The second-order valence-electron chi connectivity index (χ2n) is 4.94. The van der Waals surface area contributed by atoms with E-state index in [1.807, 2.05) is 32.0 Å². The average Bonchev–Trinajstić information content (AvgIpc) is 2.86. The van der Waals surface area contributed by atoms with Crippen molar-refractivity contribution in [2.45, 2.75) is 13.8 Å². The molecular weight excluding hydrogens is 269 g/mol. The molecule has 0 aliphatic rings. The van der Waals surface area contributed by atoms with Crippen molar-refractivity contribution in [3.8, 4) is 17.1 Å². The van der Waals surface area contributed by atoms with E-state index in [-0.39, 0.29) is 5.82 Å². The van der Waals surface area contributed by atoms with E-state index in [1.54, 1.807) is 6.07 Å². The van der Waals surface area contributed by atoms with Gasteiger partial charge in [-0.2, -0.15) is 4.68 Å². The molecule has 5 nitrogen and oxygen atoms in total. The number of nitrogens with zero attached hydrogens (tertiary/aromatic N) is 4. The Morgan fingerprint density at radius 3 is 2.67 bits per heavy atom. The lowest BCUT2D eigenvalue weighted by Crippen LogP contribution is -2.03. The zero-order valence-electron chi connectivity index (χ0n) is 11.7. The molecule has 21 heavy (non-hydrogen) atoms. The molecule has 0 unspecified atom stereocenters. The Balaban J connectivity index is 2.22. The van der Waals surface area contributed by atoms with E-state index in [2.05, 4.69) is 15.5 Å². The van der Waals surface area contributed by atoms with Gasteiger partial charge >= 0.3 is 0 Å². The van der Waals surface area contributed by atoms with E-state index in [0.29, 0.717) is 17.2 Å². The van der Waals surface area contributed by atoms with Gasteiger partial charge in [0.2, 0.25) is 0 Å². The van der Waals surface area contributed by atoms with Crippen molar-refractivity contribution in [1.82, 2.24) is 20.2 Å². The van der Waals surface area contributed by atoms with Crippen molar-refractivity contribution in [2.24, 2.45) is 0 Å². The molecule has 1 heterocycles. The van der Waals surface area contributed by atoms with Crippen LogP contribution in [0.5, 0.6) is 0 Å². The third-order valence-electron chi connectivity index (χ3n) is 3.27. The second-order valence-corrected chi connectivity index (χ2v) is 4.94. The monoisotopic (exact) mass is 283 g/mol. The highest BCUT2D eigenvalue weighted by Crippen LogP contribution is 2.28. The van der Waals surface area contributed by atoms with Gasteiger partial charge in [-0.05, 0) is 59.7 Å². The number of benzene rings is 2. The van der Waals surface area contributed by atoms with Crippen LogP contribution in [0.4, 0.5) is 10.1 Å². The standard InChI is InChI=1S/C15H14FN5/c1-9-6-11(16)8-12(7-9)21-15(18-19-20-21)14-10(2)4-3-5-13(14)17/h3-8H,17H2,1-2H3. The van der Waals surface area contributed by atoms with Crippen LogP contribution in [0.2, 0.25) is 0 Å². The zero-order valence-corrected chi connectivity index (χ0v) is 11.7. The molecule has 2 aromatic carbocycles. The largest absolute Gasteiger partial charge is 0.398 e. The van der Waals surface area contributed by atoms with Gasteiger partial charge in [0.25, 0.3) is 0 Å². The molecule has 0 amide bonds. The van der Waals surface area contributed by atoms with E-state index in [4.69, 9.17) is 5.73 Å². The van der Waals surface area contributed by atoms with E-state index in [1.165, 1.54) is 16.8 Å². The van der Waals surface area contributed by atoms with Gasteiger partial charge < -0.3 is 5.73 Å². The van der Waals surface area contributed by atoms with Gasteiger partial charge in [0.05, 0.1) is 5.69 Å². The van der Waals surface area contributed by atoms with Crippen LogP contribution in [-0.4, -0.2) is 20.2 Å². The molecule has 106 valence electrons. The van der Waals surface area contributed by atoms with E-state index in [0.717, 1.165) is 16.7 Å². The van der Waals surface area contributed by atoms with Gasteiger partial charge in [0.15, 0.2) is 5.82 Å². The maximum Gasteiger partial charge on any atom is 0.189 e. The van der Waals surface area contributed by atoms with Crippen LogP contribution in [0.3, 0.4) is 0 Å². The van der Waals surface area contributed by atoms with Crippen LogP contribution in [0, 0.1) is 19.7 Å². The van der Waals surface area contributed by atoms with Crippen LogP contribution < -0.4 is 5.73 Å². The van der Waals surface area contributed by atoms with Crippen LogP contribution >= 0.6 is 0 Å². The SMILES string of the molecule is Cc1cc(F)cc(-n2nnnc2-c2c(C)cccc2N)c1. The van der Waals surface area contributed by atoms with Gasteiger partial charge in [0, 0.05) is 11.3 Å². The Kier molecular flexibility index (Phi) is 3.13. The lowest BCUT2D eigenvalue weighted by Gasteiger charge is -2.10. The number of tetrazole rings is 1. The van der Waals surface area contributed by atoms with Gasteiger partial charge in [0.1, 0.15) is 5.82 Å². The van der Waals surface area contributed by atoms with Gasteiger partial charge in [-0.3, -0.25) is 0 Å². The molecule has 0 atom stereocenters. The highest BCUT2D eigenvalue weighted by molar-refractivity contribution is 5.75. The van der Waals surface area contributed by atoms with Crippen molar-refractivity contribution in [1.29, 1.82) is 0 Å². The minimum atomic E-state index is -0.329. The Morgan fingerprint density at radius 2 is 1.95 bits per heavy atom. The number of nitrogen functional groups attached to an aromatic ring is 1. The minimum absolute atomic E-state index is 0.329. The molecular formula is C15H14FN5. The molecule has 0 fully saturated rings. The molecule has 1 aromatic heterocycles. The molecule has 2 N–H and O–H groups in total. The summed E-state index contributed by atoms with van der Waals surface area (Å²) in [6.07, 6.45) is 0. The predicted octanol–water partition coefficient (Wildman–Crippen LogP) is 2.67. The second kappa shape index (κ2) is 4.97. The molecule has 0 bridgehead atoms. The minimum Gasteiger partial charge on any atom is -0.398 e. The molecule has 3 aromatic rings. The predicted molar refractivity (Wildman–Crippen MR) is 78.4 cm³/mol. The van der Waals surface area contributed by atoms with E-state index >= 15 is 0 Å². The first-order chi connectivity index (χ1) is 10.1. The third kappa shape index (κ3) is 2.35. The van der Waals surface area contributed by atoms with Gasteiger partial charge in [-0.15, -0.1) is 5.10 Å². The zero-order chi connectivity index (χ0) is 15.0. The van der Waals surface area contributed by atoms with Crippen molar-refractivity contribution < 1.29 is 4.39 Å². The number of halogens is 1. The third-order valence-corrected chi connectivity index (χ3v) is 3.27. The molecule has 0 saturated carbocycles. The fraction of sp³-hybridized carbons (Fsp3) is 0.133. The quantitative estimate of drug-likeness (QED) is 0.734. The maximum atomic E-state index is 13.6. The average molecular weight is 283 g/mol. The van der Waals surface area contributed by atoms with Crippen LogP contribution in [-0.2, 0) is 0 Å². The summed E-state index contributed by atoms with van der Waals surface area (Å²) in [6, 6.07) is 10.3. The molecule has 0 saturated heterocycles. The smallest absolute Gasteiger partial charge is 0.189 e. The summed E-state index contributed by atoms with van der Waals surface area (Å²) in [7, 11) is 0. The van der Waals surface area contributed by atoms with Crippen molar-refractivity contribution in [2.75, 3.05) is 5.73 Å². The lowest BCUT2D eigenvalue weighted by molar-refractivity contribution is 0.623. The van der Waals surface area contributed by atoms with E-state index < -0.39 is 0 Å². The van der Waals surface area contributed by atoms with Gasteiger partial charge in [-0.1, -0.05) is 12.1 Å². The van der Waals surface area contributed by atoms with Crippen LogP contribution in [0.1, 0.15) is 11.1 Å². The lowest BCUT2D eigenvalue weighted by atomic mass is 10.1. The fourth-order valence-corrected chi connectivity index (χ4v) is 2.35. The summed E-state index contributed by atoms with van der Waals surface area (Å²) in [5, 5.41) is 11.7. The van der Waals surface area contributed by atoms with Gasteiger partial charge in [-0.25, -0.2) is 4.39 Å². The molecule has 0 aliphatic carbocycles. The first-order valence-electron chi connectivity index (χ1n) is 6.47. The number of anilines is 1. The summed E-state index contributed by atoms with van der Waals surface area (Å²) in [5.74, 6) is 0.166. The summed E-state index contributed by atoms with van der Waals surface area (Å²) in [5.41, 5.74) is 9.69. The van der Waals surface area contributed by atoms with Crippen LogP contribution in [0.25, 0.3) is 17.1 Å². The molecule has 0 radical (unpaired) electrons. The summed E-state index contributed by atoms with van der Waals surface area (Å²) in [6.45, 7) is 3.75. The Hall–Kier alpha value is -2.76. The highest BCUT2D eigenvalue weighted by atomic mass is 19.1. The molecule has 0 spiro atoms. The Labute approximate surface area is 121 Å². The Bertz CT molecular complexity index is 769. The molecule has 6 heteroatoms. The number of rotatable bonds is 2. The van der Waals surface area contributed by atoms with Crippen molar-refractivity contribution in [3.05, 3.63) is 53.3 Å². The topological polar surface area (TPSA) is 69.6 Å². The van der Waals surface area contributed by atoms with Crippen molar-refractivity contribution in [3.63, 3.8) is 0 Å². The summed E-state index contributed by atoms with van der Waals surface area (Å²) in [4.78, 5) is 0. The normalized spacial score (nSPS) is 10.8. The molecule has 0 aliphatic heterocycles. The highest BCUT2D eigenvalue weighted by Gasteiger charge is 2.16. The number of hydrogen-bond donors (Lipinski definition) is 1. The Morgan fingerprint density at radius 1 is 1.14 bits per heavy atom.